The Kier molecular flexibility index (Phi) is 6.60. The molecule has 2 unspecified atom stereocenters. The smallest absolute Gasteiger partial charge is 0.237 e. The van der Waals surface area contributed by atoms with Crippen molar-refractivity contribution < 1.29 is 9.53 Å². The lowest BCUT2D eigenvalue weighted by Gasteiger charge is -2.28. The van der Waals surface area contributed by atoms with Crippen molar-refractivity contribution >= 4 is 5.91 Å². The van der Waals surface area contributed by atoms with Crippen molar-refractivity contribution in [3.8, 4) is 0 Å². The number of nitrogens with two attached hydrogens (primary N) is 1. The van der Waals surface area contributed by atoms with Crippen molar-refractivity contribution in [3.63, 3.8) is 0 Å². The molecule has 0 radical (unpaired) electrons. The third-order valence-electron chi connectivity index (χ3n) is 3.03. The Morgan fingerprint density at radius 1 is 1.44 bits per heavy atom. The summed E-state index contributed by atoms with van der Waals surface area (Å²) < 4.78 is 5.65. The number of rotatable bonds is 8. The van der Waals surface area contributed by atoms with Crippen molar-refractivity contribution in [3.05, 3.63) is 0 Å². The number of carbonyl (C=O) groups is 1. The lowest BCUT2D eigenvalue weighted by atomic mass is 9.97. The van der Waals surface area contributed by atoms with Crippen molar-refractivity contribution in [2.45, 2.75) is 52.7 Å². The average Bonchev–Trinajstić information content (AvgIpc) is 2.17. The fourth-order valence-corrected chi connectivity index (χ4v) is 1.33. The first-order valence-electron chi connectivity index (χ1n) is 6.00. The Morgan fingerprint density at radius 3 is 2.38 bits per heavy atom. The summed E-state index contributed by atoms with van der Waals surface area (Å²) in [4.78, 5) is 11.3. The van der Waals surface area contributed by atoms with Crippen molar-refractivity contribution in [1.29, 1.82) is 0 Å². The van der Waals surface area contributed by atoms with Crippen LogP contribution in [-0.2, 0) is 9.53 Å². The zero-order valence-corrected chi connectivity index (χ0v) is 11.2. The number of carbonyl (C=O) groups excluding carboxylic acids is 1. The van der Waals surface area contributed by atoms with E-state index in [0.29, 0.717) is 18.9 Å². The highest BCUT2D eigenvalue weighted by Crippen LogP contribution is 2.12. The minimum absolute atomic E-state index is 0.207. The van der Waals surface area contributed by atoms with Crippen LogP contribution >= 0.6 is 0 Å². The first-order valence-corrected chi connectivity index (χ1v) is 6.00. The molecule has 0 aliphatic heterocycles. The zero-order chi connectivity index (χ0) is 12.8. The number of hydrogen-bond donors (Lipinski definition) is 2. The number of primary amides is 1. The molecule has 4 nitrogen and oxygen atoms in total. The number of amides is 1. The van der Waals surface area contributed by atoms with E-state index >= 15 is 0 Å². The van der Waals surface area contributed by atoms with Crippen LogP contribution in [-0.4, -0.2) is 30.7 Å². The second-order valence-corrected chi connectivity index (χ2v) is 4.80. The topological polar surface area (TPSA) is 64.3 Å². The maximum absolute atomic E-state index is 11.3. The van der Waals surface area contributed by atoms with Crippen LogP contribution in [0.1, 0.15) is 41.0 Å². The summed E-state index contributed by atoms with van der Waals surface area (Å²) in [6.45, 7) is 11.3. The zero-order valence-electron chi connectivity index (χ0n) is 11.2. The second kappa shape index (κ2) is 6.86. The maximum Gasteiger partial charge on any atom is 0.237 e. The van der Waals surface area contributed by atoms with Gasteiger partial charge in [0.1, 0.15) is 0 Å². The fraction of sp³-hybridized carbons (Fsp3) is 0.917. The summed E-state index contributed by atoms with van der Waals surface area (Å²) in [5.41, 5.74) is 4.72. The summed E-state index contributed by atoms with van der Waals surface area (Å²) in [5.74, 6) is 0.161. The van der Waals surface area contributed by atoms with E-state index in [2.05, 4.69) is 19.2 Å². The average molecular weight is 230 g/mol. The molecule has 0 heterocycles. The summed E-state index contributed by atoms with van der Waals surface area (Å²) in [6.07, 6.45) is 0.812. The van der Waals surface area contributed by atoms with Gasteiger partial charge in [-0.3, -0.25) is 4.79 Å². The highest BCUT2D eigenvalue weighted by Gasteiger charge is 2.29. The van der Waals surface area contributed by atoms with E-state index in [1.54, 1.807) is 0 Å². The third kappa shape index (κ3) is 4.94. The van der Waals surface area contributed by atoms with E-state index in [4.69, 9.17) is 10.5 Å². The molecule has 2 atom stereocenters. The SMILES string of the molecule is CCNC(C)(CCOC(C)C(C)C)C(N)=O. The monoisotopic (exact) mass is 230 g/mol. The largest absolute Gasteiger partial charge is 0.378 e. The predicted molar refractivity (Wildman–Crippen MR) is 66.1 cm³/mol. The van der Waals surface area contributed by atoms with Gasteiger partial charge in [-0.05, 0) is 32.7 Å². The second-order valence-electron chi connectivity index (χ2n) is 4.80. The standard InChI is InChI=1S/C12H26N2O2/c1-6-14-12(5,11(13)15)7-8-16-10(4)9(2)3/h9-10,14H,6-8H2,1-5H3,(H2,13,15). The van der Waals surface area contributed by atoms with Gasteiger partial charge in [0.25, 0.3) is 0 Å². The minimum atomic E-state index is -0.661. The van der Waals surface area contributed by atoms with Gasteiger partial charge in [-0.1, -0.05) is 20.8 Å². The highest BCUT2D eigenvalue weighted by molar-refractivity contribution is 5.84. The van der Waals surface area contributed by atoms with E-state index in [1.807, 2.05) is 20.8 Å². The Morgan fingerprint density at radius 2 is 2.00 bits per heavy atom. The quantitative estimate of drug-likeness (QED) is 0.660. The van der Waals surface area contributed by atoms with Crippen LogP contribution in [0.2, 0.25) is 0 Å². The molecule has 96 valence electrons. The molecular formula is C12H26N2O2. The lowest BCUT2D eigenvalue weighted by molar-refractivity contribution is -0.124. The molecular weight excluding hydrogens is 204 g/mol. The van der Waals surface area contributed by atoms with Gasteiger partial charge in [0.2, 0.25) is 5.91 Å². The fourth-order valence-electron chi connectivity index (χ4n) is 1.33. The van der Waals surface area contributed by atoms with E-state index in [-0.39, 0.29) is 12.0 Å². The number of nitrogens with one attached hydrogen (secondary N) is 1. The van der Waals surface area contributed by atoms with Gasteiger partial charge in [0, 0.05) is 6.61 Å². The van der Waals surface area contributed by atoms with Crippen LogP contribution in [0.25, 0.3) is 0 Å². The predicted octanol–water partition coefficient (Wildman–Crippen LogP) is 1.29. The Bertz CT molecular complexity index is 219. The summed E-state index contributed by atoms with van der Waals surface area (Å²) >= 11 is 0. The summed E-state index contributed by atoms with van der Waals surface area (Å²) in [7, 11) is 0. The van der Waals surface area contributed by atoms with Crippen LogP contribution in [0.5, 0.6) is 0 Å². The van der Waals surface area contributed by atoms with Crippen molar-refractivity contribution in [2.24, 2.45) is 11.7 Å². The molecule has 0 rings (SSSR count). The molecule has 16 heavy (non-hydrogen) atoms. The highest BCUT2D eigenvalue weighted by atomic mass is 16.5. The first-order chi connectivity index (χ1) is 7.33. The van der Waals surface area contributed by atoms with Gasteiger partial charge in [0.05, 0.1) is 11.6 Å². The van der Waals surface area contributed by atoms with E-state index in [1.165, 1.54) is 0 Å². The molecule has 0 fully saturated rings. The molecule has 0 aromatic carbocycles. The third-order valence-corrected chi connectivity index (χ3v) is 3.03. The Hall–Kier alpha value is -0.610. The molecule has 0 saturated heterocycles. The maximum atomic E-state index is 11.3. The molecule has 1 amide bonds. The Balaban J connectivity index is 4.09. The lowest BCUT2D eigenvalue weighted by Crippen LogP contribution is -2.53. The van der Waals surface area contributed by atoms with Crippen LogP contribution < -0.4 is 11.1 Å². The van der Waals surface area contributed by atoms with E-state index in [0.717, 1.165) is 6.54 Å². The van der Waals surface area contributed by atoms with Crippen LogP contribution in [0.15, 0.2) is 0 Å². The molecule has 0 aliphatic carbocycles. The molecule has 0 aromatic heterocycles. The molecule has 0 spiro atoms. The molecule has 0 aromatic rings. The van der Waals surface area contributed by atoms with E-state index < -0.39 is 5.54 Å². The van der Waals surface area contributed by atoms with Gasteiger partial charge >= 0.3 is 0 Å². The van der Waals surface area contributed by atoms with Crippen LogP contribution in [0.4, 0.5) is 0 Å². The Labute approximate surface area is 98.9 Å². The molecule has 0 bridgehead atoms. The molecule has 4 heteroatoms. The van der Waals surface area contributed by atoms with Crippen LogP contribution in [0.3, 0.4) is 0 Å². The molecule has 0 aliphatic rings. The van der Waals surface area contributed by atoms with Crippen molar-refractivity contribution in [1.82, 2.24) is 5.32 Å². The van der Waals surface area contributed by atoms with Gasteiger partial charge in [-0.25, -0.2) is 0 Å². The number of hydrogen-bond acceptors (Lipinski definition) is 3. The normalized spacial score (nSPS) is 17.1. The van der Waals surface area contributed by atoms with Gasteiger partial charge in [-0.2, -0.15) is 0 Å². The summed E-state index contributed by atoms with van der Waals surface area (Å²) in [5, 5.41) is 3.11. The molecule has 0 saturated carbocycles. The van der Waals surface area contributed by atoms with E-state index in [9.17, 15) is 4.79 Å². The number of ether oxygens (including phenoxy) is 1. The van der Waals surface area contributed by atoms with Gasteiger partial charge in [-0.15, -0.1) is 0 Å². The van der Waals surface area contributed by atoms with Crippen LogP contribution in [0, 0.1) is 5.92 Å². The molecule has 3 N–H and O–H groups in total. The first kappa shape index (κ1) is 15.4. The van der Waals surface area contributed by atoms with Crippen molar-refractivity contribution in [2.75, 3.05) is 13.2 Å². The number of likely N-dealkylation sites (N-methyl/N-ethyl adjacent to an activating group) is 1. The minimum Gasteiger partial charge on any atom is -0.378 e. The van der Waals surface area contributed by atoms with Gasteiger partial charge < -0.3 is 15.8 Å². The summed E-state index contributed by atoms with van der Waals surface area (Å²) in [6, 6.07) is 0. The van der Waals surface area contributed by atoms with Gasteiger partial charge in [0.15, 0.2) is 0 Å².